The lowest BCUT2D eigenvalue weighted by molar-refractivity contribution is -0.705. The topological polar surface area (TPSA) is 13.1 Å². The zero-order valence-electron chi connectivity index (χ0n) is 7.36. The van der Waals surface area contributed by atoms with Crippen LogP contribution in [0.5, 0.6) is 5.88 Å². The van der Waals surface area contributed by atoms with Crippen molar-refractivity contribution < 1.29 is 9.30 Å². The standard InChI is InChI=1S/C11H11NO/c1-2-5-10-9(4-1)8-12-6-3-7-13-11(10)12/h1-2,4-5,8H,3,6-7H2. The zero-order valence-corrected chi connectivity index (χ0v) is 7.36. The summed E-state index contributed by atoms with van der Waals surface area (Å²) in [6, 6.07) is 8.37. The van der Waals surface area contributed by atoms with Gasteiger partial charge < -0.3 is 4.74 Å². The van der Waals surface area contributed by atoms with E-state index in [0.717, 1.165) is 25.5 Å². The van der Waals surface area contributed by atoms with Crippen LogP contribution in [-0.4, -0.2) is 6.61 Å². The Hall–Kier alpha value is -1.44. The fourth-order valence-electron chi connectivity index (χ4n) is 1.92. The Morgan fingerprint density at radius 3 is 3.23 bits per heavy atom. The highest BCUT2D eigenvalue weighted by atomic mass is 16.5. The van der Waals surface area contributed by atoms with Crippen LogP contribution in [0, 0.1) is 0 Å². The SMILES string of the molecule is c1ccc2c3[n+]([cH-]c2c1)CCCO3. The number of rotatable bonds is 0. The van der Waals surface area contributed by atoms with Gasteiger partial charge >= 0.3 is 0 Å². The molecule has 0 amide bonds. The van der Waals surface area contributed by atoms with E-state index in [1.165, 1.54) is 10.8 Å². The van der Waals surface area contributed by atoms with Crippen molar-refractivity contribution in [3.8, 4) is 5.88 Å². The molecule has 13 heavy (non-hydrogen) atoms. The molecule has 0 bridgehead atoms. The van der Waals surface area contributed by atoms with Crippen LogP contribution in [-0.2, 0) is 6.54 Å². The number of nitrogens with zero attached hydrogens (tertiary/aromatic N) is 1. The number of fused-ring (bicyclic) bond motifs is 3. The third kappa shape index (κ3) is 0.949. The summed E-state index contributed by atoms with van der Waals surface area (Å²) in [7, 11) is 0. The number of aromatic nitrogens is 1. The largest absolute Gasteiger partial charge is 0.493 e. The highest BCUT2D eigenvalue weighted by molar-refractivity contribution is 5.85. The van der Waals surface area contributed by atoms with E-state index in [1.54, 1.807) is 0 Å². The van der Waals surface area contributed by atoms with Gasteiger partial charge in [0.15, 0.2) is 0 Å². The number of ether oxygens (including phenoxy) is 1. The Balaban J connectivity index is 2.34. The van der Waals surface area contributed by atoms with Crippen molar-refractivity contribution in [3.63, 3.8) is 0 Å². The van der Waals surface area contributed by atoms with Gasteiger partial charge in [-0.3, -0.25) is 4.57 Å². The van der Waals surface area contributed by atoms with Gasteiger partial charge in [-0.25, -0.2) is 0 Å². The Morgan fingerprint density at radius 1 is 1.31 bits per heavy atom. The molecule has 0 spiro atoms. The second-order valence-corrected chi connectivity index (χ2v) is 3.42. The second kappa shape index (κ2) is 2.52. The van der Waals surface area contributed by atoms with Crippen LogP contribution in [0.1, 0.15) is 6.42 Å². The minimum absolute atomic E-state index is 0.855. The van der Waals surface area contributed by atoms with Crippen molar-refractivity contribution in [2.24, 2.45) is 0 Å². The Kier molecular flexibility index (Phi) is 1.36. The number of benzene rings is 1. The van der Waals surface area contributed by atoms with Crippen molar-refractivity contribution >= 4 is 10.8 Å². The average molecular weight is 173 g/mol. The maximum absolute atomic E-state index is 5.64. The lowest BCUT2D eigenvalue weighted by Gasteiger charge is -2.12. The first-order valence-corrected chi connectivity index (χ1v) is 4.66. The van der Waals surface area contributed by atoms with E-state index in [9.17, 15) is 0 Å². The van der Waals surface area contributed by atoms with Gasteiger partial charge in [-0.05, 0) is 5.39 Å². The molecule has 2 nitrogen and oxygen atoms in total. The third-order valence-electron chi connectivity index (χ3n) is 2.53. The molecule has 3 rings (SSSR count). The molecule has 2 aromatic rings. The lowest BCUT2D eigenvalue weighted by Crippen LogP contribution is -2.37. The molecule has 0 aliphatic carbocycles. The van der Waals surface area contributed by atoms with Crippen molar-refractivity contribution in [1.29, 1.82) is 0 Å². The van der Waals surface area contributed by atoms with Gasteiger partial charge in [0.1, 0.15) is 6.54 Å². The van der Waals surface area contributed by atoms with Crippen LogP contribution < -0.4 is 9.30 Å². The van der Waals surface area contributed by atoms with E-state index in [4.69, 9.17) is 4.74 Å². The first kappa shape index (κ1) is 7.01. The van der Waals surface area contributed by atoms with E-state index in [0.29, 0.717) is 0 Å². The van der Waals surface area contributed by atoms with Crippen LogP contribution in [0.2, 0.25) is 0 Å². The molecule has 1 aromatic heterocycles. The first-order valence-electron chi connectivity index (χ1n) is 4.66. The zero-order chi connectivity index (χ0) is 8.67. The quantitative estimate of drug-likeness (QED) is 0.436. The van der Waals surface area contributed by atoms with E-state index in [1.807, 2.05) is 0 Å². The predicted molar refractivity (Wildman–Crippen MR) is 49.8 cm³/mol. The molecular weight excluding hydrogens is 162 g/mol. The van der Waals surface area contributed by atoms with Gasteiger partial charge in [0.25, 0.3) is 5.88 Å². The van der Waals surface area contributed by atoms with Gasteiger partial charge in [0.2, 0.25) is 0 Å². The van der Waals surface area contributed by atoms with E-state index < -0.39 is 0 Å². The average Bonchev–Trinajstić information content (AvgIpc) is 2.56. The minimum atomic E-state index is 0.855. The number of hydrogen-bond donors (Lipinski definition) is 0. The fourth-order valence-corrected chi connectivity index (χ4v) is 1.92. The van der Waals surface area contributed by atoms with E-state index >= 15 is 0 Å². The second-order valence-electron chi connectivity index (χ2n) is 3.42. The van der Waals surface area contributed by atoms with Crippen molar-refractivity contribution in [2.75, 3.05) is 6.61 Å². The smallest absolute Gasteiger partial charge is 0.259 e. The summed E-state index contributed by atoms with van der Waals surface area (Å²) in [6.07, 6.45) is 3.29. The molecular formula is C11H11NO. The molecule has 0 N–H and O–H groups in total. The fraction of sp³-hybridized carbons (Fsp3) is 0.273. The summed E-state index contributed by atoms with van der Waals surface area (Å²) >= 11 is 0. The maximum Gasteiger partial charge on any atom is 0.259 e. The molecule has 0 fully saturated rings. The molecule has 0 atom stereocenters. The van der Waals surface area contributed by atoms with Crippen LogP contribution in [0.4, 0.5) is 0 Å². The van der Waals surface area contributed by atoms with E-state index in [2.05, 4.69) is 35.0 Å². The summed E-state index contributed by atoms with van der Waals surface area (Å²) in [5.74, 6) is 1.04. The van der Waals surface area contributed by atoms with Gasteiger partial charge in [0, 0.05) is 6.42 Å². The molecule has 66 valence electrons. The molecule has 0 radical (unpaired) electrons. The van der Waals surface area contributed by atoms with E-state index in [-0.39, 0.29) is 0 Å². The van der Waals surface area contributed by atoms with Crippen molar-refractivity contribution in [1.82, 2.24) is 0 Å². The highest BCUT2D eigenvalue weighted by Gasteiger charge is 2.15. The van der Waals surface area contributed by atoms with Crippen LogP contribution in [0.25, 0.3) is 10.8 Å². The normalized spacial score (nSPS) is 15.4. The summed E-state index contributed by atoms with van der Waals surface area (Å²) in [5, 5.41) is 2.52. The molecule has 1 aliphatic rings. The van der Waals surface area contributed by atoms with Gasteiger partial charge in [0.05, 0.1) is 12.8 Å². The first-order chi connectivity index (χ1) is 6.45. The minimum Gasteiger partial charge on any atom is -0.493 e. The molecule has 0 saturated carbocycles. The molecule has 2 heterocycles. The summed E-state index contributed by atoms with van der Waals surface area (Å²) in [4.78, 5) is 0. The molecule has 1 aliphatic heterocycles. The Labute approximate surface area is 76.7 Å². The van der Waals surface area contributed by atoms with Crippen molar-refractivity contribution in [2.45, 2.75) is 13.0 Å². The van der Waals surface area contributed by atoms with Crippen molar-refractivity contribution in [3.05, 3.63) is 30.5 Å². The molecule has 0 saturated heterocycles. The third-order valence-corrected chi connectivity index (χ3v) is 2.53. The summed E-state index contributed by atoms with van der Waals surface area (Å²) in [6.45, 7) is 1.94. The number of hydrogen-bond acceptors (Lipinski definition) is 1. The highest BCUT2D eigenvalue weighted by Crippen LogP contribution is 2.24. The van der Waals surface area contributed by atoms with Gasteiger partial charge in [-0.1, -0.05) is 17.5 Å². The Morgan fingerprint density at radius 2 is 2.23 bits per heavy atom. The van der Waals surface area contributed by atoms with Gasteiger partial charge in [-0.15, -0.1) is 12.1 Å². The molecule has 1 aromatic carbocycles. The monoisotopic (exact) mass is 173 g/mol. The molecule has 2 heteroatoms. The maximum atomic E-state index is 5.64. The van der Waals surface area contributed by atoms with Crippen LogP contribution in [0.15, 0.2) is 30.5 Å². The summed E-state index contributed by atoms with van der Waals surface area (Å²) < 4.78 is 7.84. The number of aryl methyl sites for hydroxylation is 1. The van der Waals surface area contributed by atoms with Crippen LogP contribution in [0.3, 0.4) is 0 Å². The lowest BCUT2D eigenvalue weighted by atomic mass is 10.2. The summed E-state index contributed by atoms with van der Waals surface area (Å²) in [5.41, 5.74) is 0. The van der Waals surface area contributed by atoms with Crippen LogP contribution >= 0.6 is 0 Å². The Bertz CT molecular complexity index is 444. The molecule has 0 unspecified atom stereocenters. The van der Waals surface area contributed by atoms with Gasteiger partial charge in [-0.2, -0.15) is 0 Å². The predicted octanol–water partition coefficient (Wildman–Crippen LogP) is 1.63.